The molecule has 0 bridgehead atoms. The van der Waals surface area contributed by atoms with E-state index >= 15 is 0 Å². The van der Waals surface area contributed by atoms with Crippen LogP contribution in [0.3, 0.4) is 0 Å². The standard InChI is InChI=1S/C29H19N3Se/c1-4-12-20(13-5-1)25-23-18-10-11-19-24(23)33-29(25)28-26(21-14-6-2-7-15-21)27(30-32-31-28)22-16-8-3-9-17-22/h1-19H. The molecule has 156 valence electrons. The summed E-state index contributed by atoms with van der Waals surface area (Å²) in [5, 5.41) is 14.8. The minimum atomic E-state index is 0.106. The first kappa shape index (κ1) is 19.8. The summed E-state index contributed by atoms with van der Waals surface area (Å²) >= 11 is 0.106. The summed E-state index contributed by atoms with van der Waals surface area (Å²) in [5.41, 5.74) is 7.41. The van der Waals surface area contributed by atoms with Crippen molar-refractivity contribution >= 4 is 24.1 Å². The number of hydrogen-bond acceptors (Lipinski definition) is 3. The molecule has 0 aliphatic heterocycles. The Hall–Kier alpha value is -3.85. The van der Waals surface area contributed by atoms with Gasteiger partial charge in [-0.15, -0.1) is 0 Å². The molecule has 3 nitrogen and oxygen atoms in total. The molecule has 0 radical (unpaired) electrons. The molecule has 0 aliphatic rings. The number of rotatable bonds is 4. The molecule has 0 aliphatic carbocycles. The van der Waals surface area contributed by atoms with E-state index in [1.165, 1.54) is 25.2 Å². The molecule has 0 saturated carbocycles. The van der Waals surface area contributed by atoms with E-state index in [0.717, 1.165) is 28.1 Å². The van der Waals surface area contributed by atoms with Gasteiger partial charge in [0, 0.05) is 0 Å². The van der Waals surface area contributed by atoms with Gasteiger partial charge in [0.25, 0.3) is 0 Å². The zero-order valence-electron chi connectivity index (χ0n) is 17.7. The van der Waals surface area contributed by atoms with E-state index in [-0.39, 0.29) is 14.5 Å². The van der Waals surface area contributed by atoms with Crippen LogP contribution in [0.4, 0.5) is 0 Å². The van der Waals surface area contributed by atoms with E-state index in [1.807, 2.05) is 24.3 Å². The SMILES string of the molecule is c1ccc(-c2nnnc(-c3[se]c4ccccc4c3-c3ccccc3)c2-c2ccccc2)cc1. The number of benzene rings is 4. The van der Waals surface area contributed by atoms with Gasteiger partial charge in [-0.1, -0.05) is 0 Å². The van der Waals surface area contributed by atoms with Crippen molar-refractivity contribution in [1.29, 1.82) is 0 Å². The van der Waals surface area contributed by atoms with Crippen LogP contribution < -0.4 is 0 Å². The molecule has 2 aromatic heterocycles. The summed E-state index contributed by atoms with van der Waals surface area (Å²) < 4.78 is 2.62. The van der Waals surface area contributed by atoms with Gasteiger partial charge >= 0.3 is 198 Å². The maximum absolute atomic E-state index is 4.68. The van der Waals surface area contributed by atoms with E-state index in [4.69, 9.17) is 0 Å². The molecule has 0 saturated heterocycles. The third kappa shape index (κ3) is 3.60. The normalized spacial score (nSPS) is 11.0. The van der Waals surface area contributed by atoms with E-state index < -0.39 is 0 Å². The van der Waals surface area contributed by atoms with Gasteiger partial charge in [0.05, 0.1) is 0 Å². The molecule has 0 spiro atoms. The van der Waals surface area contributed by atoms with Crippen LogP contribution in [0.1, 0.15) is 0 Å². The molecular formula is C29H19N3Se. The Morgan fingerprint density at radius 2 is 0.970 bits per heavy atom. The summed E-state index contributed by atoms with van der Waals surface area (Å²) in [5.74, 6) is 0. The minimum absolute atomic E-state index is 0.106. The van der Waals surface area contributed by atoms with E-state index in [0.29, 0.717) is 0 Å². The summed E-state index contributed by atoms with van der Waals surface area (Å²) in [6, 6.07) is 40.0. The molecule has 0 amide bonds. The summed E-state index contributed by atoms with van der Waals surface area (Å²) in [4.78, 5) is 0. The first-order valence-electron chi connectivity index (χ1n) is 10.8. The number of fused-ring (bicyclic) bond motifs is 1. The Labute approximate surface area is 198 Å². The molecule has 6 rings (SSSR count). The van der Waals surface area contributed by atoms with Crippen molar-refractivity contribution in [2.75, 3.05) is 0 Å². The van der Waals surface area contributed by atoms with Crippen molar-refractivity contribution in [3.8, 4) is 43.6 Å². The van der Waals surface area contributed by atoms with Crippen LogP contribution >= 0.6 is 0 Å². The van der Waals surface area contributed by atoms with Crippen LogP contribution in [0.25, 0.3) is 53.3 Å². The Bertz CT molecular complexity index is 1540. The zero-order chi connectivity index (χ0) is 22.0. The summed E-state index contributed by atoms with van der Waals surface area (Å²) in [6.45, 7) is 0. The van der Waals surface area contributed by atoms with E-state index in [9.17, 15) is 0 Å². The average molecular weight is 488 g/mol. The first-order valence-corrected chi connectivity index (χ1v) is 12.5. The van der Waals surface area contributed by atoms with Crippen LogP contribution in [0.5, 0.6) is 0 Å². The first-order chi connectivity index (χ1) is 16.4. The summed E-state index contributed by atoms with van der Waals surface area (Å²) in [7, 11) is 0. The van der Waals surface area contributed by atoms with E-state index in [2.05, 4.69) is 106 Å². The Morgan fingerprint density at radius 3 is 1.64 bits per heavy atom. The second-order valence-electron chi connectivity index (χ2n) is 7.76. The molecule has 4 heteroatoms. The third-order valence-corrected chi connectivity index (χ3v) is 8.22. The Balaban J connectivity index is 1.71. The van der Waals surface area contributed by atoms with Crippen molar-refractivity contribution in [2.24, 2.45) is 0 Å². The predicted octanol–water partition coefficient (Wildman–Crippen LogP) is 6.75. The second kappa shape index (κ2) is 8.59. The van der Waals surface area contributed by atoms with Gasteiger partial charge in [-0.05, 0) is 0 Å². The topological polar surface area (TPSA) is 38.7 Å². The van der Waals surface area contributed by atoms with Crippen molar-refractivity contribution in [3.05, 3.63) is 115 Å². The quantitative estimate of drug-likeness (QED) is 0.258. The van der Waals surface area contributed by atoms with E-state index in [1.54, 1.807) is 0 Å². The Kier molecular flexibility index (Phi) is 5.16. The molecule has 0 atom stereocenters. The van der Waals surface area contributed by atoms with Gasteiger partial charge < -0.3 is 0 Å². The average Bonchev–Trinajstić information content (AvgIpc) is 3.29. The van der Waals surface area contributed by atoms with Gasteiger partial charge in [0.15, 0.2) is 0 Å². The van der Waals surface area contributed by atoms with Gasteiger partial charge in [0.2, 0.25) is 0 Å². The molecule has 6 aromatic rings. The monoisotopic (exact) mass is 489 g/mol. The van der Waals surface area contributed by atoms with Crippen LogP contribution in [0.15, 0.2) is 115 Å². The second-order valence-corrected chi connectivity index (χ2v) is 9.97. The van der Waals surface area contributed by atoms with Gasteiger partial charge in [0.1, 0.15) is 0 Å². The third-order valence-electron chi connectivity index (χ3n) is 5.75. The Morgan fingerprint density at radius 1 is 0.455 bits per heavy atom. The molecule has 0 N–H and O–H groups in total. The van der Waals surface area contributed by atoms with Crippen LogP contribution in [-0.2, 0) is 0 Å². The van der Waals surface area contributed by atoms with Crippen molar-refractivity contribution in [3.63, 3.8) is 0 Å². The summed E-state index contributed by atoms with van der Waals surface area (Å²) in [6.07, 6.45) is 0. The molecular weight excluding hydrogens is 469 g/mol. The van der Waals surface area contributed by atoms with Crippen molar-refractivity contribution < 1.29 is 0 Å². The molecule has 0 fully saturated rings. The van der Waals surface area contributed by atoms with Gasteiger partial charge in [-0.3, -0.25) is 0 Å². The fourth-order valence-corrected chi connectivity index (χ4v) is 6.81. The molecule has 4 aromatic carbocycles. The van der Waals surface area contributed by atoms with Gasteiger partial charge in [-0.25, -0.2) is 0 Å². The van der Waals surface area contributed by atoms with Crippen LogP contribution in [0.2, 0.25) is 0 Å². The van der Waals surface area contributed by atoms with Crippen LogP contribution in [0, 0.1) is 0 Å². The fourth-order valence-electron chi connectivity index (χ4n) is 4.26. The van der Waals surface area contributed by atoms with Crippen molar-refractivity contribution in [2.45, 2.75) is 0 Å². The van der Waals surface area contributed by atoms with Gasteiger partial charge in [-0.2, -0.15) is 0 Å². The van der Waals surface area contributed by atoms with Crippen molar-refractivity contribution in [1.82, 2.24) is 15.4 Å². The maximum atomic E-state index is 4.68. The molecule has 0 unspecified atom stereocenters. The predicted molar refractivity (Wildman–Crippen MR) is 136 cm³/mol. The van der Waals surface area contributed by atoms with Crippen LogP contribution in [-0.4, -0.2) is 29.9 Å². The number of nitrogens with zero attached hydrogens (tertiary/aromatic N) is 3. The number of hydrogen-bond donors (Lipinski definition) is 0. The molecule has 2 heterocycles. The molecule has 33 heavy (non-hydrogen) atoms. The zero-order valence-corrected chi connectivity index (χ0v) is 19.4. The fraction of sp³-hybridized carbons (Fsp3) is 0. The number of aromatic nitrogens is 3.